The molecule has 0 saturated carbocycles. The molecule has 2 aromatic carbocycles. The van der Waals surface area contributed by atoms with Crippen LogP contribution in [0.1, 0.15) is 11.1 Å². The Morgan fingerprint density at radius 1 is 1.09 bits per heavy atom. The monoisotopic (exact) mass is 317 g/mol. The molecule has 2 aromatic heterocycles. The van der Waals surface area contributed by atoms with Gasteiger partial charge in [-0.3, -0.25) is 0 Å². The number of fused-ring (bicyclic) bond motifs is 3. The molecular formula is C17H11N5S. The van der Waals surface area contributed by atoms with Gasteiger partial charge in [0.05, 0.1) is 11.6 Å². The molecule has 6 heteroatoms. The molecular weight excluding hydrogens is 306 g/mol. The van der Waals surface area contributed by atoms with Crippen molar-refractivity contribution in [1.82, 2.24) is 20.2 Å². The van der Waals surface area contributed by atoms with E-state index in [9.17, 15) is 0 Å². The molecule has 23 heavy (non-hydrogen) atoms. The highest BCUT2D eigenvalue weighted by molar-refractivity contribution is 7.98. The van der Waals surface area contributed by atoms with E-state index < -0.39 is 0 Å². The van der Waals surface area contributed by atoms with Gasteiger partial charge in [0.25, 0.3) is 0 Å². The Balaban J connectivity index is 1.62. The molecule has 0 aliphatic carbocycles. The molecule has 0 bridgehead atoms. The normalized spacial score (nSPS) is 10.9. The molecule has 5 nitrogen and oxygen atoms in total. The summed E-state index contributed by atoms with van der Waals surface area (Å²) in [4.78, 5) is 7.80. The third-order valence-corrected chi connectivity index (χ3v) is 4.44. The van der Waals surface area contributed by atoms with E-state index in [1.54, 1.807) is 6.07 Å². The SMILES string of the molecule is N#Cc1cccc(CSc2nnc3c(n2)[nH]c2ccccc23)c1. The first-order valence-corrected chi connectivity index (χ1v) is 8.05. The summed E-state index contributed by atoms with van der Waals surface area (Å²) in [6.07, 6.45) is 0. The Kier molecular flexibility index (Phi) is 3.41. The Morgan fingerprint density at radius 2 is 2.00 bits per heavy atom. The topological polar surface area (TPSA) is 78.2 Å². The Morgan fingerprint density at radius 3 is 2.91 bits per heavy atom. The Labute approximate surface area is 136 Å². The number of benzene rings is 2. The van der Waals surface area contributed by atoms with Crippen LogP contribution in [-0.4, -0.2) is 20.2 Å². The fourth-order valence-electron chi connectivity index (χ4n) is 2.45. The van der Waals surface area contributed by atoms with Crippen molar-refractivity contribution in [3.05, 3.63) is 59.7 Å². The summed E-state index contributed by atoms with van der Waals surface area (Å²) in [6, 6.07) is 17.6. The van der Waals surface area contributed by atoms with Gasteiger partial charge in [0.15, 0.2) is 5.65 Å². The van der Waals surface area contributed by atoms with Crippen LogP contribution in [0.3, 0.4) is 0 Å². The van der Waals surface area contributed by atoms with E-state index in [4.69, 9.17) is 5.26 Å². The first-order chi connectivity index (χ1) is 11.3. The summed E-state index contributed by atoms with van der Waals surface area (Å²) in [6.45, 7) is 0. The lowest BCUT2D eigenvalue weighted by molar-refractivity contribution is 0.878. The number of aromatic nitrogens is 4. The number of nitrogens with zero attached hydrogens (tertiary/aromatic N) is 4. The molecule has 0 aliphatic rings. The maximum Gasteiger partial charge on any atom is 0.211 e. The molecule has 0 radical (unpaired) electrons. The Hall–Kier alpha value is -2.91. The van der Waals surface area contributed by atoms with Gasteiger partial charge >= 0.3 is 0 Å². The van der Waals surface area contributed by atoms with Gasteiger partial charge in [0, 0.05) is 16.7 Å². The van der Waals surface area contributed by atoms with E-state index in [0.717, 1.165) is 27.6 Å². The predicted octanol–water partition coefficient (Wildman–Crippen LogP) is 3.67. The highest BCUT2D eigenvalue weighted by Crippen LogP contribution is 2.24. The molecule has 0 atom stereocenters. The average molecular weight is 317 g/mol. The quantitative estimate of drug-likeness (QED) is 0.583. The minimum atomic E-state index is 0.617. The number of nitriles is 1. The van der Waals surface area contributed by atoms with Crippen molar-refractivity contribution in [3.8, 4) is 6.07 Å². The molecule has 0 aliphatic heterocycles. The van der Waals surface area contributed by atoms with Gasteiger partial charge in [-0.25, -0.2) is 4.98 Å². The second-order valence-corrected chi connectivity index (χ2v) is 6.01. The van der Waals surface area contributed by atoms with Crippen molar-refractivity contribution >= 4 is 33.8 Å². The van der Waals surface area contributed by atoms with Gasteiger partial charge in [-0.1, -0.05) is 42.1 Å². The summed E-state index contributed by atoms with van der Waals surface area (Å²) in [7, 11) is 0. The van der Waals surface area contributed by atoms with Crippen LogP contribution in [0.15, 0.2) is 53.7 Å². The number of thioether (sulfide) groups is 1. The second-order valence-electron chi connectivity index (χ2n) is 5.06. The first kappa shape index (κ1) is 13.7. The summed E-state index contributed by atoms with van der Waals surface area (Å²) in [5, 5.41) is 19.1. The standard InChI is InChI=1S/C17H11N5S/c18-9-11-4-3-5-12(8-11)10-23-17-20-16-15(21-22-17)13-6-1-2-7-14(13)19-16/h1-8H,10H2,(H,19,20,22). The maximum absolute atomic E-state index is 8.94. The Bertz CT molecular complexity index is 1050. The highest BCUT2D eigenvalue weighted by Gasteiger charge is 2.09. The smallest absolute Gasteiger partial charge is 0.211 e. The number of H-pyrrole nitrogens is 1. The van der Waals surface area contributed by atoms with Crippen LogP contribution in [0.4, 0.5) is 0 Å². The van der Waals surface area contributed by atoms with Crippen molar-refractivity contribution < 1.29 is 0 Å². The van der Waals surface area contributed by atoms with E-state index in [0.29, 0.717) is 16.5 Å². The third-order valence-electron chi connectivity index (χ3n) is 3.53. The minimum absolute atomic E-state index is 0.617. The van der Waals surface area contributed by atoms with Gasteiger partial charge in [-0.2, -0.15) is 5.26 Å². The zero-order chi connectivity index (χ0) is 15.6. The number of para-hydroxylation sites is 1. The van der Waals surface area contributed by atoms with Gasteiger partial charge in [0.2, 0.25) is 5.16 Å². The lowest BCUT2D eigenvalue weighted by Gasteiger charge is -2.00. The largest absolute Gasteiger partial charge is 0.338 e. The third kappa shape index (κ3) is 2.62. The van der Waals surface area contributed by atoms with Gasteiger partial charge in [-0.15, -0.1) is 10.2 Å². The minimum Gasteiger partial charge on any atom is -0.338 e. The number of rotatable bonds is 3. The second kappa shape index (κ2) is 5.71. The van der Waals surface area contributed by atoms with Crippen LogP contribution in [0.25, 0.3) is 22.1 Å². The number of hydrogen-bond donors (Lipinski definition) is 1. The molecule has 110 valence electrons. The number of aromatic amines is 1. The molecule has 1 N–H and O–H groups in total. The molecule has 0 saturated heterocycles. The zero-order valence-electron chi connectivity index (χ0n) is 12.0. The first-order valence-electron chi connectivity index (χ1n) is 7.06. The lowest BCUT2D eigenvalue weighted by atomic mass is 10.2. The number of hydrogen-bond acceptors (Lipinski definition) is 5. The van der Waals surface area contributed by atoms with E-state index in [2.05, 4.69) is 26.2 Å². The summed E-state index contributed by atoms with van der Waals surface area (Å²) < 4.78 is 0. The van der Waals surface area contributed by atoms with Crippen molar-refractivity contribution in [2.75, 3.05) is 0 Å². The molecule has 0 fully saturated rings. The molecule has 2 heterocycles. The van der Waals surface area contributed by atoms with Crippen LogP contribution in [-0.2, 0) is 5.75 Å². The van der Waals surface area contributed by atoms with Crippen LogP contribution in [0.2, 0.25) is 0 Å². The predicted molar refractivity (Wildman–Crippen MR) is 89.9 cm³/mol. The van der Waals surface area contributed by atoms with E-state index in [1.165, 1.54) is 11.8 Å². The average Bonchev–Trinajstić information content (AvgIpc) is 2.98. The van der Waals surface area contributed by atoms with Crippen molar-refractivity contribution in [3.63, 3.8) is 0 Å². The van der Waals surface area contributed by atoms with Crippen molar-refractivity contribution in [2.24, 2.45) is 0 Å². The van der Waals surface area contributed by atoms with Crippen LogP contribution in [0, 0.1) is 11.3 Å². The molecule has 0 amide bonds. The molecule has 4 aromatic rings. The summed E-state index contributed by atoms with van der Waals surface area (Å²) in [5.74, 6) is 0.697. The fourth-order valence-corrected chi connectivity index (χ4v) is 3.18. The van der Waals surface area contributed by atoms with E-state index in [1.807, 2.05) is 42.5 Å². The van der Waals surface area contributed by atoms with Crippen molar-refractivity contribution in [1.29, 1.82) is 5.26 Å². The van der Waals surface area contributed by atoms with Gasteiger partial charge in [-0.05, 0) is 23.8 Å². The fraction of sp³-hybridized carbons (Fsp3) is 0.0588. The zero-order valence-corrected chi connectivity index (χ0v) is 12.8. The van der Waals surface area contributed by atoms with Crippen LogP contribution in [0.5, 0.6) is 0 Å². The summed E-state index contributed by atoms with van der Waals surface area (Å²) >= 11 is 1.50. The maximum atomic E-state index is 8.94. The van der Waals surface area contributed by atoms with Crippen LogP contribution < -0.4 is 0 Å². The highest BCUT2D eigenvalue weighted by atomic mass is 32.2. The van der Waals surface area contributed by atoms with Crippen molar-refractivity contribution in [2.45, 2.75) is 10.9 Å². The molecule has 0 spiro atoms. The van der Waals surface area contributed by atoms with Gasteiger partial charge < -0.3 is 4.98 Å². The van der Waals surface area contributed by atoms with E-state index in [-0.39, 0.29) is 0 Å². The summed E-state index contributed by atoms with van der Waals surface area (Å²) in [5.41, 5.74) is 4.27. The number of nitrogens with one attached hydrogen (secondary N) is 1. The molecule has 4 rings (SSSR count). The van der Waals surface area contributed by atoms with E-state index >= 15 is 0 Å². The van der Waals surface area contributed by atoms with Gasteiger partial charge in [0.1, 0.15) is 5.52 Å². The molecule has 0 unspecified atom stereocenters. The van der Waals surface area contributed by atoms with Crippen LogP contribution >= 0.6 is 11.8 Å². The lowest BCUT2D eigenvalue weighted by Crippen LogP contribution is -1.92.